The van der Waals surface area contributed by atoms with Gasteiger partial charge in [-0.3, -0.25) is 0 Å². The summed E-state index contributed by atoms with van der Waals surface area (Å²) in [6.45, 7) is 6.23. The molecule has 0 amide bonds. The van der Waals surface area contributed by atoms with Gasteiger partial charge in [0, 0.05) is 6.04 Å². The fourth-order valence-electron chi connectivity index (χ4n) is 2.09. The van der Waals surface area contributed by atoms with Gasteiger partial charge in [0.2, 0.25) is 0 Å². The van der Waals surface area contributed by atoms with E-state index in [1.165, 1.54) is 5.56 Å². The molecule has 0 aliphatic heterocycles. The van der Waals surface area contributed by atoms with E-state index in [0.717, 1.165) is 29.0 Å². The molecule has 0 saturated carbocycles. The van der Waals surface area contributed by atoms with Gasteiger partial charge in [-0.1, -0.05) is 36.8 Å². The smallest absolute Gasteiger partial charge is 0.130 e. The van der Waals surface area contributed by atoms with Crippen molar-refractivity contribution < 1.29 is 4.74 Å². The molecule has 2 heteroatoms. The number of rotatable bonds is 4. The zero-order valence-corrected chi connectivity index (χ0v) is 11.8. The van der Waals surface area contributed by atoms with Gasteiger partial charge in [0.25, 0.3) is 0 Å². The Balaban J connectivity index is 2.23. The van der Waals surface area contributed by atoms with E-state index in [9.17, 15) is 0 Å². The molecule has 0 radical (unpaired) electrons. The molecular formula is C17H21NO. The summed E-state index contributed by atoms with van der Waals surface area (Å²) in [6, 6.07) is 14.3. The van der Waals surface area contributed by atoms with Crippen LogP contribution in [0.15, 0.2) is 42.5 Å². The quantitative estimate of drug-likeness (QED) is 0.872. The second-order valence-corrected chi connectivity index (χ2v) is 4.96. The first kappa shape index (κ1) is 13.6. The summed E-state index contributed by atoms with van der Waals surface area (Å²) in [5, 5.41) is 0. The van der Waals surface area contributed by atoms with Crippen LogP contribution in [0.5, 0.6) is 11.5 Å². The second-order valence-electron chi connectivity index (χ2n) is 4.96. The zero-order chi connectivity index (χ0) is 13.8. The second kappa shape index (κ2) is 5.89. The van der Waals surface area contributed by atoms with Crippen molar-refractivity contribution in [3.63, 3.8) is 0 Å². The lowest BCUT2D eigenvalue weighted by molar-refractivity contribution is 0.477. The molecule has 2 rings (SSSR count). The Kier molecular flexibility index (Phi) is 4.23. The molecule has 2 aromatic carbocycles. The van der Waals surface area contributed by atoms with Crippen molar-refractivity contribution in [1.29, 1.82) is 0 Å². The van der Waals surface area contributed by atoms with Gasteiger partial charge in [-0.25, -0.2) is 0 Å². The average molecular weight is 255 g/mol. The van der Waals surface area contributed by atoms with Gasteiger partial charge in [0.1, 0.15) is 11.5 Å². The highest BCUT2D eigenvalue weighted by Crippen LogP contribution is 2.27. The van der Waals surface area contributed by atoms with Crippen LogP contribution in [0.1, 0.15) is 36.1 Å². The van der Waals surface area contributed by atoms with E-state index in [0.29, 0.717) is 0 Å². The summed E-state index contributed by atoms with van der Waals surface area (Å²) in [5.74, 6) is 1.74. The molecule has 0 aliphatic rings. The maximum atomic E-state index is 6.05. The SMILES string of the molecule is CCC(N)c1cccc(Oc2ccc(C)cc2C)c1. The van der Waals surface area contributed by atoms with E-state index in [1.54, 1.807) is 0 Å². The summed E-state index contributed by atoms with van der Waals surface area (Å²) in [5.41, 5.74) is 9.55. The monoisotopic (exact) mass is 255 g/mol. The largest absolute Gasteiger partial charge is 0.457 e. The molecule has 0 fully saturated rings. The lowest BCUT2D eigenvalue weighted by Gasteiger charge is -2.13. The summed E-state index contributed by atoms with van der Waals surface area (Å²) in [6.07, 6.45) is 0.924. The molecule has 19 heavy (non-hydrogen) atoms. The van der Waals surface area contributed by atoms with Crippen LogP contribution in [0.25, 0.3) is 0 Å². The fraction of sp³-hybridized carbons (Fsp3) is 0.294. The highest BCUT2D eigenvalue weighted by Gasteiger charge is 2.06. The number of aryl methyl sites for hydroxylation is 2. The Hall–Kier alpha value is -1.80. The van der Waals surface area contributed by atoms with E-state index in [-0.39, 0.29) is 6.04 Å². The molecular weight excluding hydrogens is 234 g/mol. The molecule has 2 aromatic rings. The molecule has 1 atom stereocenters. The maximum absolute atomic E-state index is 6.05. The average Bonchev–Trinajstić information content (AvgIpc) is 2.41. The topological polar surface area (TPSA) is 35.2 Å². The molecule has 0 saturated heterocycles. The normalized spacial score (nSPS) is 12.2. The standard InChI is InChI=1S/C17H21NO/c1-4-16(18)14-6-5-7-15(11-14)19-17-9-8-12(2)10-13(17)3/h5-11,16H,4,18H2,1-3H3. The Morgan fingerprint density at radius 2 is 1.89 bits per heavy atom. The van der Waals surface area contributed by atoms with Crippen molar-refractivity contribution in [2.24, 2.45) is 5.73 Å². The van der Waals surface area contributed by atoms with Gasteiger partial charge in [-0.05, 0) is 49.6 Å². The molecule has 0 aromatic heterocycles. The number of ether oxygens (including phenoxy) is 1. The minimum Gasteiger partial charge on any atom is -0.457 e. The summed E-state index contributed by atoms with van der Waals surface area (Å²) < 4.78 is 5.94. The van der Waals surface area contributed by atoms with Crippen molar-refractivity contribution in [2.45, 2.75) is 33.2 Å². The van der Waals surface area contributed by atoms with E-state index >= 15 is 0 Å². The number of benzene rings is 2. The van der Waals surface area contributed by atoms with Crippen molar-refractivity contribution in [3.8, 4) is 11.5 Å². The Morgan fingerprint density at radius 1 is 1.11 bits per heavy atom. The molecule has 0 heterocycles. The first-order chi connectivity index (χ1) is 9.10. The van der Waals surface area contributed by atoms with Gasteiger partial charge in [-0.15, -0.1) is 0 Å². The minimum atomic E-state index is 0.0719. The molecule has 100 valence electrons. The highest BCUT2D eigenvalue weighted by molar-refractivity contribution is 5.40. The van der Waals surface area contributed by atoms with Gasteiger partial charge < -0.3 is 10.5 Å². The van der Waals surface area contributed by atoms with Gasteiger partial charge >= 0.3 is 0 Å². The minimum absolute atomic E-state index is 0.0719. The summed E-state index contributed by atoms with van der Waals surface area (Å²) in [7, 11) is 0. The molecule has 2 N–H and O–H groups in total. The maximum Gasteiger partial charge on any atom is 0.130 e. The van der Waals surface area contributed by atoms with Gasteiger partial charge in [0.05, 0.1) is 0 Å². The van der Waals surface area contributed by atoms with Crippen LogP contribution < -0.4 is 10.5 Å². The third-order valence-electron chi connectivity index (χ3n) is 3.28. The van der Waals surface area contributed by atoms with Crippen LogP contribution in [0.4, 0.5) is 0 Å². The van der Waals surface area contributed by atoms with Crippen molar-refractivity contribution in [3.05, 3.63) is 59.2 Å². The first-order valence-electron chi connectivity index (χ1n) is 6.71. The number of nitrogens with two attached hydrogens (primary N) is 1. The molecule has 0 aliphatic carbocycles. The van der Waals surface area contributed by atoms with Crippen molar-refractivity contribution in [1.82, 2.24) is 0 Å². The lowest BCUT2D eigenvalue weighted by atomic mass is 10.1. The lowest BCUT2D eigenvalue weighted by Crippen LogP contribution is -2.08. The van der Waals surface area contributed by atoms with Gasteiger partial charge in [0.15, 0.2) is 0 Å². The molecule has 2 nitrogen and oxygen atoms in total. The van der Waals surface area contributed by atoms with E-state index in [2.05, 4.69) is 32.9 Å². The first-order valence-corrected chi connectivity index (χ1v) is 6.71. The predicted octanol–water partition coefficient (Wildman–Crippen LogP) is 4.51. The van der Waals surface area contributed by atoms with E-state index in [4.69, 9.17) is 10.5 Å². The zero-order valence-electron chi connectivity index (χ0n) is 11.8. The van der Waals surface area contributed by atoms with Crippen LogP contribution in [0, 0.1) is 13.8 Å². The van der Waals surface area contributed by atoms with E-state index in [1.807, 2.05) is 30.3 Å². The highest BCUT2D eigenvalue weighted by atomic mass is 16.5. The van der Waals surface area contributed by atoms with Crippen molar-refractivity contribution in [2.75, 3.05) is 0 Å². The number of hydrogen-bond donors (Lipinski definition) is 1. The van der Waals surface area contributed by atoms with Crippen LogP contribution >= 0.6 is 0 Å². The van der Waals surface area contributed by atoms with Crippen molar-refractivity contribution >= 4 is 0 Å². The molecule has 0 spiro atoms. The Morgan fingerprint density at radius 3 is 2.58 bits per heavy atom. The van der Waals surface area contributed by atoms with Crippen LogP contribution in [-0.4, -0.2) is 0 Å². The summed E-state index contributed by atoms with van der Waals surface area (Å²) in [4.78, 5) is 0. The third kappa shape index (κ3) is 3.36. The fourth-order valence-corrected chi connectivity index (χ4v) is 2.09. The van der Waals surface area contributed by atoms with E-state index < -0.39 is 0 Å². The number of hydrogen-bond acceptors (Lipinski definition) is 2. The van der Waals surface area contributed by atoms with Crippen LogP contribution in [-0.2, 0) is 0 Å². The van der Waals surface area contributed by atoms with Gasteiger partial charge in [-0.2, -0.15) is 0 Å². The predicted molar refractivity (Wildman–Crippen MR) is 79.7 cm³/mol. The Labute approximate surface area is 115 Å². The summed E-state index contributed by atoms with van der Waals surface area (Å²) >= 11 is 0. The van der Waals surface area contributed by atoms with Crippen LogP contribution in [0.3, 0.4) is 0 Å². The van der Waals surface area contributed by atoms with Crippen LogP contribution in [0.2, 0.25) is 0 Å². The molecule has 0 bridgehead atoms. The Bertz CT molecular complexity index is 563. The third-order valence-corrected chi connectivity index (χ3v) is 3.28. The molecule has 1 unspecified atom stereocenters.